The molecule has 0 bridgehead atoms. The van der Waals surface area contributed by atoms with E-state index in [1.165, 1.54) is 92.6 Å². The number of fused-ring (bicyclic) bond motifs is 13. The first-order valence-corrected chi connectivity index (χ1v) is 19.3. The minimum atomic E-state index is -0.404. The van der Waals surface area contributed by atoms with Crippen LogP contribution in [0, 0.1) is 13.8 Å². The molecule has 0 saturated heterocycles. The summed E-state index contributed by atoms with van der Waals surface area (Å²) >= 11 is 1.87. The second kappa shape index (κ2) is 11.4. The van der Waals surface area contributed by atoms with Crippen LogP contribution in [0.4, 0.5) is 17.1 Å². The molecule has 11 rings (SSSR count). The maximum absolute atomic E-state index is 2.52. The van der Waals surface area contributed by atoms with Crippen LogP contribution in [-0.2, 0) is 5.41 Å². The maximum atomic E-state index is 2.52. The van der Waals surface area contributed by atoms with Crippen molar-refractivity contribution in [1.82, 2.24) is 0 Å². The van der Waals surface area contributed by atoms with Gasteiger partial charge < -0.3 is 4.90 Å². The summed E-state index contributed by atoms with van der Waals surface area (Å²) in [6.07, 6.45) is 0. The van der Waals surface area contributed by atoms with Crippen molar-refractivity contribution in [3.8, 4) is 33.4 Å². The predicted molar refractivity (Wildman–Crippen MR) is 225 cm³/mol. The Hall–Kier alpha value is -6.22. The van der Waals surface area contributed by atoms with Crippen molar-refractivity contribution < 1.29 is 0 Å². The van der Waals surface area contributed by atoms with Crippen LogP contribution in [0.1, 0.15) is 33.4 Å². The highest BCUT2D eigenvalue weighted by Crippen LogP contribution is 2.64. The van der Waals surface area contributed by atoms with Gasteiger partial charge in [-0.1, -0.05) is 133 Å². The molecule has 0 unspecified atom stereocenters. The van der Waals surface area contributed by atoms with Gasteiger partial charge in [0.1, 0.15) is 0 Å². The lowest BCUT2D eigenvalue weighted by Gasteiger charge is -2.32. The Morgan fingerprint density at radius 2 is 0.943 bits per heavy atom. The fourth-order valence-electron chi connectivity index (χ4n) is 9.56. The molecule has 1 heterocycles. The summed E-state index contributed by atoms with van der Waals surface area (Å²) in [6, 6.07) is 65.8. The van der Waals surface area contributed by atoms with E-state index < -0.39 is 5.41 Å². The van der Waals surface area contributed by atoms with Crippen LogP contribution in [-0.4, -0.2) is 0 Å². The lowest BCUT2D eigenvalue weighted by molar-refractivity contribution is 0.794. The highest BCUT2D eigenvalue weighted by atomic mass is 32.1. The zero-order chi connectivity index (χ0) is 35.3. The average Bonchev–Trinajstić information content (AvgIpc) is 3.83. The standard InChI is InChI=1S/C51H35NS/c1-32-14-3-4-15-36(32)37-28-26-34(30-33(37)2)52(35-27-29-49-42(31-35)40-18-8-12-25-48(40)53-49)47-24-13-23-46-50(47)41-19-7-11-22-45(41)51(46)43-20-9-5-16-38(43)39-17-6-10-21-44(39)51/h3-31H,1-2H3. The molecule has 9 aromatic rings. The second-order valence-electron chi connectivity index (χ2n) is 14.5. The molecule has 1 spiro atoms. The summed E-state index contributed by atoms with van der Waals surface area (Å²) in [6.45, 7) is 4.46. The van der Waals surface area contributed by atoms with Crippen LogP contribution in [0.15, 0.2) is 176 Å². The fraction of sp³-hybridized carbons (Fsp3) is 0.0588. The summed E-state index contributed by atoms with van der Waals surface area (Å²) in [5.74, 6) is 0. The lowest BCUT2D eigenvalue weighted by atomic mass is 9.70. The van der Waals surface area contributed by atoms with E-state index in [1.807, 2.05) is 11.3 Å². The quantitative estimate of drug-likeness (QED) is 0.177. The molecule has 53 heavy (non-hydrogen) atoms. The molecule has 0 N–H and O–H groups in total. The van der Waals surface area contributed by atoms with E-state index in [9.17, 15) is 0 Å². The third kappa shape index (κ3) is 4.19. The Labute approximate surface area is 314 Å². The van der Waals surface area contributed by atoms with Crippen molar-refractivity contribution in [3.63, 3.8) is 0 Å². The smallest absolute Gasteiger partial charge is 0.0726 e. The summed E-state index contributed by atoms with van der Waals surface area (Å²) in [7, 11) is 0. The van der Waals surface area contributed by atoms with Gasteiger partial charge in [0.25, 0.3) is 0 Å². The van der Waals surface area contributed by atoms with E-state index in [0.717, 1.165) is 11.4 Å². The molecule has 2 aliphatic carbocycles. The predicted octanol–water partition coefficient (Wildman–Crippen LogP) is 14.2. The average molecular weight is 694 g/mol. The van der Waals surface area contributed by atoms with Gasteiger partial charge in [0, 0.05) is 37.1 Å². The highest BCUT2D eigenvalue weighted by molar-refractivity contribution is 7.25. The van der Waals surface area contributed by atoms with Crippen molar-refractivity contribution in [2.75, 3.05) is 4.90 Å². The van der Waals surface area contributed by atoms with Gasteiger partial charge >= 0.3 is 0 Å². The second-order valence-corrected chi connectivity index (χ2v) is 15.6. The zero-order valence-electron chi connectivity index (χ0n) is 29.6. The maximum Gasteiger partial charge on any atom is 0.0726 e. The van der Waals surface area contributed by atoms with Crippen LogP contribution in [0.2, 0.25) is 0 Å². The number of hydrogen-bond donors (Lipinski definition) is 0. The number of rotatable bonds is 4. The Morgan fingerprint density at radius 1 is 0.396 bits per heavy atom. The van der Waals surface area contributed by atoms with Crippen molar-refractivity contribution in [1.29, 1.82) is 0 Å². The van der Waals surface area contributed by atoms with Gasteiger partial charge in [0.15, 0.2) is 0 Å². The third-order valence-corrected chi connectivity index (χ3v) is 12.9. The minimum Gasteiger partial charge on any atom is -0.310 e. The third-order valence-electron chi connectivity index (χ3n) is 11.8. The van der Waals surface area contributed by atoms with Crippen LogP contribution >= 0.6 is 11.3 Å². The molecule has 0 fully saturated rings. The number of nitrogens with zero attached hydrogens (tertiary/aromatic N) is 1. The zero-order valence-corrected chi connectivity index (χ0v) is 30.4. The van der Waals surface area contributed by atoms with Crippen LogP contribution in [0.25, 0.3) is 53.6 Å². The van der Waals surface area contributed by atoms with E-state index >= 15 is 0 Å². The molecular weight excluding hydrogens is 659 g/mol. The van der Waals surface area contributed by atoms with Gasteiger partial charge in [0.05, 0.1) is 11.1 Å². The number of aryl methyl sites for hydroxylation is 2. The summed E-state index contributed by atoms with van der Waals surface area (Å²) < 4.78 is 2.63. The normalized spacial score (nSPS) is 13.2. The first-order valence-electron chi connectivity index (χ1n) is 18.4. The molecule has 0 atom stereocenters. The minimum absolute atomic E-state index is 0.404. The molecule has 0 aliphatic heterocycles. The molecule has 250 valence electrons. The van der Waals surface area contributed by atoms with Gasteiger partial charge in [-0.25, -0.2) is 0 Å². The topological polar surface area (TPSA) is 3.24 Å². The summed E-state index contributed by atoms with van der Waals surface area (Å²) in [5, 5.41) is 2.60. The first-order chi connectivity index (χ1) is 26.1. The van der Waals surface area contributed by atoms with E-state index in [1.54, 1.807) is 0 Å². The molecule has 8 aromatic carbocycles. The summed E-state index contributed by atoms with van der Waals surface area (Å²) in [5.41, 5.74) is 18.8. The molecular formula is C51H35NS. The van der Waals surface area contributed by atoms with Gasteiger partial charge in [0.2, 0.25) is 0 Å². The fourth-order valence-corrected chi connectivity index (χ4v) is 10.6. The first kappa shape index (κ1) is 30.4. The molecule has 0 radical (unpaired) electrons. The number of benzene rings is 8. The molecule has 2 aliphatic rings. The van der Waals surface area contributed by atoms with Crippen LogP contribution in [0.5, 0.6) is 0 Å². The Bertz CT molecular complexity index is 2900. The SMILES string of the molecule is Cc1ccccc1-c1ccc(N(c2ccc3sc4ccccc4c3c2)c2cccc3c2-c2ccccc2C32c3ccccc3-c3ccccc32)cc1C. The van der Waals surface area contributed by atoms with E-state index in [-0.39, 0.29) is 0 Å². The molecule has 1 nitrogen and oxygen atoms in total. The Kier molecular flexibility index (Phi) is 6.53. The number of hydrogen-bond acceptors (Lipinski definition) is 2. The van der Waals surface area contributed by atoms with Gasteiger partial charge in [-0.3, -0.25) is 0 Å². The molecule has 0 amide bonds. The van der Waals surface area contributed by atoms with Crippen LogP contribution in [0.3, 0.4) is 0 Å². The van der Waals surface area contributed by atoms with Gasteiger partial charge in [-0.05, 0) is 118 Å². The van der Waals surface area contributed by atoms with Crippen molar-refractivity contribution >= 4 is 48.6 Å². The monoisotopic (exact) mass is 693 g/mol. The van der Waals surface area contributed by atoms with E-state index in [2.05, 4.69) is 195 Å². The number of thiophene rings is 1. The lowest BCUT2D eigenvalue weighted by Crippen LogP contribution is -2.26. The van der Waals surface area contributed by atoms with Gasteiger partial charge in [-0.2, -0.15) is 0 Å². The Morgan fingerprint density at radius 3 is 1.68 bits per heavy atom. The van der Waals surface area contributed by atoms with E-state index in [4.69, 9.17) is 0 Å². The largest absolute Gasteiger partial charge is 0.310 e. The number of anilines is 3. The van der Waals surface area contributed by atoms with Crippen LogP contribution < -0.4 is 4.90 Å². The van der Waals surface area contributed by atoms with E-state index in [0.29, 0.717) is 0 Å². The Balaban J connectivity index is 1.21. The molecule has 0 saturated carbocycles. The highest BCUT2D eigenvalue weighted by Gasteiger charge is 2.52. The molecule has 2 heteroatoms. The van der Waals surface area contributed by atoms with Gasteiger partial charge in [-0.15, -0.1) is 11.3 Å². The summed E-state index contributed by atoms with van der Waals surface area (Å²) in [4.78, 5) is 2.52. The van der Waals surface area contributed by atoms with Crippen molar-refractivity contribution in [2.45, 2.75) is 19.3 Å². The molecule has 1 aromatic heterocycles. The van der Waals surface area contributed by atoms with Crippen molar-refractivity contribution in [2.24, 2.45) is 0 Å². The van der Waals surface area contributed by atoms with Crippen molar-refractivity contribution in [3.05, 3.63) is 209 Å².